The first kappa shape index (κ1) is 12.5. The SMILES string of the molecule is O=C(O)C1Cc2ccccc2N1CC1CCCCO1. The number of hydrogen-bond donors (Lipinski definition) is 1. The summed E-state index contributed by atoms with van der Waals surface area (Å²) in [6, 6.07) is 7.53. The van der Waals surface area contributed by atoms with Gasteiger partial charge in [0, 0.05) is 25.3 Å². The maximum Gasteiger partial charge on any atom is 0.326 e. The van der Waals surface area contributed by atoms with Crippen molar-refractivity contribution in [3.05, 3.63) is 29.8 Å². The molecular weight excluding hydrogens is 242 g/mol. The van der Waals surface area contributed by atoms with Crippen LogP contribution in [0.25, 0.3) is 0 Å². The Kier molecular flexibility index (Phi) is 3.42. The summed E-state index contributed by atoms with van der Waals surface area (Å²) in [7, 11) is 0. The average molecular weight is 261 g/mol. The maximum atomic E-state index is 11.4. The molecule has 1 saturated heterocycles. The minimum Gasteiger partial charge on any atom is -0.480 e. The Balaban J connectivity index is 1.81. The van der Waals surface area contributed by atoms with E-state index in [-0.39, 0.29) is 6.10 Å². The number of aliphatic carboxylic acids is 1. The molecule has 4 heteroatoms. The smallest absolute Gasteiger partial charge is 0.326 e. The molecule has 0 radical (unpaired) electrons. The van der Waals surface area contributed by atoms with Crippen LogP contribution >= 0.6 is 0 Å². The highest BCUT2D eigenvalue weighted by atomic mass is 16.5. The molecule has 1 aromatic rings. The van der Waals surface area contributed by atoms with E-state index in [1.807, 2.05) is 29.2 Å². The van der Waals surface area contributed by atoms with Gasteiger partial charge in [0.1, 0.15) is 6.04 Å². The van der Waals surface area contributed by atoms with Gasteiger partial charge in [-0.2, -0.15) is 0 Å². The van der Waals surface area contributed by atoms with Crippen LogP contribution in [0.5, 0.6) is 0 Å². The monoisotopic (exact) mass is 261 g/mol. The first-order chi connectivity index (χ1) is 9.25. The maximum absolute atomic E-state index is 11.4. The van der Waals surface area contributed by atoms with Gasteiger partial charge in [-0.1, -0.05) is 18.2 Å². The van der Waals surface area contributed by atoms with Crippen molar-refractivity contribution in [1.82, 2.24) is 0 Å². The second-order valence-electron chi connectivity index (χ2n) is 5.33. The number of carbonyl (C=O) groups is 1. The number of benzene rings is 1. The molecule has 1 aromatic carbocycles. The molecule has 2 aliphatic heterocycles. The predicted octanol–water partition coefficient (Wildman–Crippen LogP) is 2.07. The topological polar surface area (TPSA) is 49.8 Å². The molecule has 1 N–H and O–H groups in total. The van der Waals surface area contributed by atoms with Crippen molar-refractivity contribution < 1.29 is 14.6 Å². The summed E-state index contributed by atoms with van der Waals surface area (Å²) < 4.78 is 5.75. The van der Waals surface area contributed by atoms with Gasteiger partial charge in [0.25, 0.3) is 0 Å². The van der Waals surface area contributed by atoms with E-state index in [0.29, 0.717) is 13.0 Å². The van der Waals surface area contributed by atoms with Crippen molar-refractivity contribution in [2.45, 2.75) is 37.8 Å². The Hall–Kier alpha value is -1.55. The average Bonchev–Trinajstić information content (AvgIpc) is 2.79. The van der Waals surface area contributed by atoms with E-state index < -0.39 is 12.0 Å². The Morgan fingerprint density at radius 2 is 2.21 bits per heavy atom. The van der Waals surface area contributed by atoms with Gasteiger partial charge in [0.2, 0.25) is 0 Å². The van der Waals surface area contributed by atoms with Crippen LogP contribution in [-0.2, 0) is 16.0 Å². The first-order valence-corrected chi connectivity index (χ1v) is 6.94. The molecule has 1 fully saturated rings. The van der Waals surface area contributed by atoms with Crippen molar-refractivity contribution in [2.75, 3.05) is 18.1 Å². The predicted molar refractivity (Wildman–Crippen MR) is 72.5 cm³/mol. The number of fused-ring (bicyclic) bond motifs is 1. The summed E-state index contributed by atoms with van der Waals surface area (Å²) in [5.41, 5.74) is 2.19. The number of ether oxygens (including phenoxy) is 1. The fourth-order valence-electron chi connectivity index (χ4n) is 3.07. The molecule has 2 unspecified atom stereocenters. The van der Waals surface area contributed by atoms with Crippen LogP contribution in [0.2, 0.25) is 0 Å². The van der Waals surface area contributed by atoms with Crippen LogP contribution in [0.4, 0.5) is 5.69 Å². The molecule has 0 saturated carbocycles. The van der Waals surface area contributed by atoms with Crippen LogP contribution in [0.15, 0.2) is 24.3 Å². The van der Waals surface area contributed by atoms with Crippen LogP contribution < -0.4 is 4.90 Å². The molecule has 3 rings (SSSR count). The van der Waals surface area contributed by atoms with Gasteiger partial charge in [-0.3, -0.25) is 0 Å². The number of nitrogens with zero attached hydrogens (tertiary/aromatic N) is 1. The molecule has 0 aromatic heterocycles. The van der Waals surface area contributed by atoms with Crippen LogP contribution in [0.3, 0.4) is 0 Å². The van der Waals surface area contributed by atoms with Gasteiger partial charge in [0.15, 0.2) is 0 Å². The van der Waals surface area contributed by atoms with Crippen LogP contribution in [0.1, 0.15) is 24.8 Å². The van der Waals surface area contributed by atoms with Crippen LogP contribution in [-0.4, -0.2) is 36.4 Å². The standard InChI is InChI=1S/C15H19NO3/c17-15(18)14-9-11-5-1-2-7-13(11)16(14)10-12-6-3-4-8-19-12/h1-2,5,7,12,14H,3-4,6,8-10H2,(H,17,18). The third kappa shape index (κ3) is 2.45. The van der Waals surface area contributed by atoms with Gasteiger partial charge in [-0.05, 0) is 30.9 Å². The van der Waals surface area contributed by atoms with Gasteiger partial charge in [-0.15, -0.1) is 0 Å². The molecular formula is C15H19NO3. The zero-order valence-corrected chi connectivity index (χ0v) is 10.9. The minimum absolute atomic E-state index is 0.168. The molecule has 2 heterocycles. The van der Waals surface area contributed by atoms with Gasteiger partial charge in [-0.25, -0.2) is 4.79 Å². The number of hydrogen-bond acceptors (Lipinski definition) is 3. The zero-order valence-electron chi connectivity index (χ0n) is 10.9. The zero-order chi connectivity index (χ0) is 13.2. The Bertz CT molecular complexity index is 468. The Morgan fingerprint density at radius 3 is 2.95 bits per heavy atom. The second-order valence-corrected chi connectivity index (χ2v) is 5.33. The number of carboxylic acid groups (broad SMARTS) is 1. The first-order valence-electron chi connectivity index (χ1n) is 6.94. The van der Waals surface area contributed by atoms with Crippen molar-refractivity contribution in [1.29, 1.82) is 0 Å². The van der Waals surface area contributed by atoms with E-state index in [1.54, 1.807) is 0 Å². The third-order valence-corrected chi connectivity index (χ3v) is 4.05. The molecule has 19 heavy (non-hydrogen) atoms. The van der Waals surface area contributed by atoms with E-state index in [1.165, 1.54) is 6.42 Å². The highest BCUT2D eigenvalue weighted by Gasteiger charge is 2.35. The molecule has 0 bridgehead atoms. The number of carboxylic acids is 1. The highest BCUT2D eigenvalue weighted by molar-refractivity contribution is 5.82. The molecule has 0 spiro atoms. The number of para-hydroxylation sites is 1. The van der Waals surface area contributed by atoms with Gasteiger partial charge in [0.05, 0.1) is 6.10 Å². The van der Waals surface area contributed by atoms with E-state index in [4.69, 9.17) is 4.74 Å². The van der Waals surface area contributed by atoms with E-state index >= 15 is 0 Å². The van der Waals surface area contributed by atoms with Crippen molar-refractivity contribution in [3.63, 3.8) is 0 Å². The van der Waals surface area contributed by atoms with Crippen molar-refractivity contribution >= 4 is 11.7 Å². The quantitative estimate of drug-likeness (QED) is 0.905. The summed E-state index contributed by atoms with van der Waals surface area (Å²) in [5, 5.41) is 9.40. The van der Waals surface area contributed by atoms with Crippen molar-refractivity contribution in [2.24, 2.45) is 0 Å². The molecule has 0 amide bonds. The summed E-state index contributed by atoms with van der Waals surface area (Å²) in [6.45, 7) is 1.49. The normalized spacial score (nSPS) is 26.2. The van der Waals surface area contributed by atoms with E-state index in [0.717, 1.165) is 30.7 Å². The highest BCUT2D eigenvalue weighted by Crippen LogP contribution is 2.33. The summed E-state index contributed by atoms with van der Waals surface area (Å²) >= 11 is 0. The van der Waals surface area contributed by atoms with E-state index in [2.05, 4.69) is 0 Å². The van der Waals surface area contributed by atoms with Crippen LogP contribution in [0, 0.1) is 0 Å². The Morgan fingerprint density at radius 1 is 1.37 bits per heavy atom. The lowest BCUT2D eigenvalue weighted by molar-refractivity contribution is -0.138. The second kappa shape index (κ2) is 5.21. The lowest BCUT2D eigenvalue weighted by Gasteiger charge is -2.31. The van der Waals surface area contributed by atoms with Gasteiger partial charge >= 0.3 is 5.97 Å². The molecule has 2 atom stereocenters. The molecule has 0 aliphatic carbocycles. The summed E-state index contributed by atoms with van der Waals surface area (Å²) in [4.78, 5) is 13.4. The lowest BCUT2D eigenvalue weighted by Crippen LogP contribution is -2.44. The number of rotatable bonds is 3. The fraction of sp³-hybridized carbons (Fsp3) is 0.533. The molecule has 102 valence electrons. The van der Waals surface area contributed by atoms with Crippen molar-refractivity contribution in [3.8, 4) is 0 Å². The van der Waals surface area contributed by atoms with E-state index in [9.17, 15) is 9.90 Å². The summed E-state index contributed by atoms with van der Waals surface area (Å²) in [5.74, 6) is -0.744. The summed E-state index contributed by atoms with van der Waals surface area (Å²) in [6.07, 6.45) is 4.10. The lowest BCUT2D eigenvalue weighted by atomic mass is 10.1. The minimum atomic E-state index is -0.744. The fourth-order valence-corrected chi connectivity index (χ4v) is 3.07. The third-order valence-electron chi connectivity index (χ3n) is 4.05. The Labute approximate surface area is 113 Å². The number of anilines is 1. The molecule has 4 nitrogen and oxygen atoms in total. The van der Waals surface area contributed by atoms with Gasteiger partial charge < -0.3 is 14.7 Å². The largest absolute Gasteiger partial charge is 0.480 e. The molecule has 2 aliphatic rings.